The minimum absolute atomic E-state index is 0.00353. The summed E-state index contributed by atoms with van der Waals surface area (Å²) in [5.74, 6) is -2.49. The number of ketones is 1. The van der Waals surface area contributed by atoms with Crippen molar-refractivity contribution in [2.75, 3.05) is 14.2 Å². The number of fused-ring (bicyclic) bond motifs is 2. The number of hydrogen-bond acceptors (Lipinski definition) is 10. The van der Waals surface area contributed by atoms with Crippen LogP contribution in [-0.2, 0) is 59.1 Å². The highest BCUT2D eigenvalue weighted by atomic mass is 16.6. The van der Waals surface area contributed by atoms with Crippen molar-refractivity contribution < 1.29 is 48.1 Å². The lowest BCUT2D eigenvalue weighted by Gasteiger charge is -2.30. The van der Waals surface area contributed by atoms with Crippen molar-refractivity contribution in [3.63, 3.8) is 0 Å². The third-order valence-corrected chi connectivity index (χ3v) is 13.1. The van der Waals surface area contributed by atoms with E-state index in [-0.39, 0.29) is 71.4 Å². The second-order valence-corrected chi connectivity index (χ2v) is 17.6. The van der Waals surface area contributed by atoms with Crippen LogP contribution >= 0.6 is 0 Å². The largest absolute Gasteiger partial charge is 0.508 e. The van der Waals surface area contributed by atoms with Crippen molar-refractivity contribution in [2.45, 2.75) is 75.4 Å². The molecule has 4 amide bonds. The summed E-state index contributed by atoms with van der Waals surface area (Å²) in [5, 5.41) is 25.0. The number of rotatable bonds is 17. The van der Waals surface area contributed by atoms with E-state index in [4.69, 9.17) is 14.2 Å². The van der Waals surface area contributed by atoms with Crippen molar-refractivity contribution in [1.29, 1.82) is 0 Å². The number of benzene rings is 5. The van der Waals surface area contributed by atoms with Gasteiger partial charge in [-0.1, -0.05) is 97.1 Å². The van der Waals surface area contributed by atoms with Gasteiger partial charge in [-0.05, 0) is 41.8 Å². The number of carbonyl (C=O) groups is 6. The summed E-state index contributed by atoms with van der Waals surface area (Å²) in [4.78, 5) is 87.7. The monoisotopic (exact) mass is 944 g/mol. The number of hydrogen-bond donors (Lipinski definition) is 7. The summed E-state index contributed by atoms with van der Waals surface area (Å²) in [7, 11) is 2.57. The fourth-order valence-corrected chi connectivity index (χ4v) is 9.62. The molecular weight excluding hydrogens is 893 g/mol. The molecular formula is C54H52N6O10. The zero-order chi connectivity index (χ0) is 49.1. The number of methoxy groups -OCH3 is 2. The lowest BCUT2D eigenvalue weighted by molar-refractivity contribution is -0.154. The van der Waals surface area contributed by atoms with Crippen LogP contribution in [0.2, 0.25) is 0 Å². The van der Waals surface area contributed by atoms with Gasteiger partial charge in [-0.15, -0.1) is 0 Å². The summed E-state index contributed by atoms with van der Waals surface area (Å²) in [6.07, 6.45) is -0.164. The number of para-hydroxylation sites is 2. The van der Waals surface area contributed by atoms with Crippen LogP contribution in [0.4, 0.5) is 0 Å². The van der Waals surface area contributed by atoms with E-state index in [9.17, 15) is 33.9 Å². The molecule has 6 atom stereocenters. The van der Waals surface area contributed by atoms with Gasteiger partial charge in [-0.3, -0.25) is 24.0 Å². The maximum Gasteiger partial charge on any atom is 0.335 e. The SMILES string of the molecule is COC(=O)[C@H](C[C@@H](Oc1[nH]c2ccccc2c1C[C@@H]1NC(=O)[C@@H](Cc2ccccc2)NC1=O)c1c(O)ccc(C(C)=O)c1-c1cccc2c(C[C@@H]3NC(=O)[C@@H](Cc4ccccc4)NC3=O)c[nH]c12)OC. The Labute approximate surface area is 402 Å². The van der Waals surface area contributed by atoms with E-state index in [0.29, 0.717) is 56.9 Å². The van der Waals surface area contributed by atoms with E-state index >= 15 is 0 Å². The van der Waals surface area contributed by atoms with E-state index in [1.807, 2.05) is 91.0 Å². The average Bonchev–Trinajstić information content (AvgIpc) is 3.93. The first-order valence-electron chi connectivity index (χ1n) is 23.0. The number of esters is 1. The molecule has 2 aromatic heterocycles. The van der Waals surface area contributed by atoms with Gasteiger partial charge in [0, 0.05) is 89.5 Å². The Hall–Kier alpha value is -8.24. The number of phenolic OH excluding ortho intramolecular Hbond substituents is 1. The Morgan fingerprint density at radius 3 is 1.79 bits per heavy atom. The number of carbonyl (C=O) groups excluding carboxylic acids is 6. The molecule has 7 N–H and O–H groups in total. The van der Waals surface area contributed by atoms with Crippen LogP contribution in [0, 0.1) is 0 Å². The maximum absolute atomic E-state index is 13.8. The van der Waals surface area contributed by atoms with E-state index in [1.165, 1.54) is 33.3 Å². The third-order valence-electron chi connectivity index (χ3n) is 13.1. The number of nitrogens with one attached hydrogen (secondary N) is 6. The van der Waals surface area contributed by atoms with Crippen LogP contribution in [0.15, 0.2) is 121 Å². The lowest BCUT2D eigenvalue weighted by atomic mass is 9.86. The van der Waals surface area contributed by atoms with Gasteiger partial charge in [-0.25, -0.2) is 4.79 Å². The number of Topliss-reactive ketones (excluding diaryl/α,β-unsaturated/α-hetero) is 1. The standard InChI is InChI=1S/C54H52N6O10/c1-29(61)33-21-22-43(62)47(46(33)36-19-12-18-34-32(28-55-48(34)36)25-41-51(65)56-39(49(63)58-41)23-30-13-6-4-7-14-30)44(27-45(68-2)54(67)69-3)70-53-37(35-17-10-11-20-38(35)60-53)26-42-52(66)57-40(50(64)59-42)24-31-15-8-5-9-16-31/h4-22,28,39-42,44-45,55,60,62H,23-27H2,1-3H3,(H,56,65)(H,57,66)(H,58,63)(H,59,64)/t39-,40-,41+,42+,44-,45+/m1/s1. The number of aromatic amines is 2. The van der Waals surface area contributed by atoms with Crippen LogP contribution in [0.25, 0.3) is 32.9 Å². The first-order chi connectivity index (χ1) is 33.9. The smallest absolute Gasteiger partial charge is 0.335 e. The van der Waals surface area contributed by atoms with Crippen LogP contribution in [0.5, 0.6) is 11.6 Å². The molecule has 7 aromatic rings. The summed E-state index contributed by atoms with van der Waals surface area (Å²) in [5.41, 5.74) is 5.39. The molecule has 16 nitrogen and oxygen atoms in total. The van der Waals surface area contributed by atoms with Crippen molar-refractivity contribution >= 4 is 57.2 Å². The van der Waals surface area contributed by atoms with Gasteiger partial charge < -0.3 is 50.6 Å². The molecule has 9 rings (SSSR count). The van der Waals surface area contributed by atoms with E-state index in [0.717, 1.165) is 11.1 Å². The fourth-order valence-electron chi connectivity index (χ4n) is 9.62. The zero-order valence-corrected chi connectivity index (χ0v) is 38.7. The average molecular weight is 945 g/mol. The molecule has 0 aliphatic carbocycles. The van der Waals surface area contributed by atoms with Crippen molar-refractivity contribution in [2.24, 2.45) is 0 Å². The number of phenols is 1. The number of amides is 4. The lowest BCUT2D eigenvalue weighted by Crippen LogP contribution is -2.62. The van der Waals surface area contributed by atoms with Gasteiger partial charge in [0.1, 0.15) is 36.0 Å². The fraction of sp³-hybridized carbons (Fsp3) is 0.259. The van der Waals surface area contributed by atoms with Crippen molar-refractivity contribution in [3.8, 4) is 22.8 Å². The Morgan fingerprint density at radius 2 is 1.20 bits per heavy atom. The Balaban J connectivity index is 1.08. The number of ether oxygens (including phenoxy) is 3. The predicted molar refractivity (Wildman–Crippen MR) is 260 cm³/mol. The highest BCUT2D eigenvalue weighted by Crippen LogP contribution is 2.45. The maximum atomic E-state index is 13.8. The van der Waals surface area contributed by atoms with Crippen LogP contribution in [0.1, 0.15) is 57.6 Å². The summed E-state index contributed by atoms with van der Waals surface area (Å²) in [6.45, 7) is 1.40. The molecule has 0 saturated carbocycles. The van der Waals surface area contributed by atoms with Gasteiger partial charge in [0.2, 0.25) is 23.6 Å². The van der Waals surface area contributed by atoms with E-state index < -0.39 is 42.3 Å². The molecule has 0 bridgehead atoms. The number of piperazine rings is 2. The molecule has 0 radical (unpaired) electrons. The number of aromatic hydroxyl groups is 1. The Morgan fingerprint density at radius 1 is 0.643 bits per heavy atom. The molecule has 0 spiro atoms. The van der Waals surface area contributed by atoms with E-state index in [2.05, 4.69) is 31.2 Å². The second kappa shape index (κ2) is 20.2. The molecule has 0 unspecified atom stereocenters. The normalized spacial score (nSPS) is 18.9. The van der Waals surface area contributed by atoms with Gasteiger partial charge in [0.15, 0.2) is 17.8 Å². The minimum atomic E-state index is -1.25. The van der Waals surface area contributed by atoms with Crippen molar-refractivity contribution in [1.82, 2.24) is 31.2 Å². The molecule has 70 heavy (non-hydrogen) atoms. The third kappa shape index (κ3) is 9.58. The molecule has 2 aliphatic rings. The first kappa shape index (κ1) is 46.9. The highest BCUT2D eigenvalue weighted by molar-refractivity contribution is 6.07. The summed E-state index contributed by atoms with van der Waals surface area (Å²) >= 11 is 0. The molecule has 2 saturated heterocycles. The Bertz CT molecular complexity index is 3130. The molecule has 2 fully saturated rings. The van der Waals surface area contributed by atoms with Gasteiger partial charge in [0.05, 0.1) is 12.6 Å². The van der Waals surface area contributed by atoms with Crippen LogP contribution < -0.4 is 26.0 Å². The van der Waals surface area contributed by atoms with Gasteiger partial charge >= 0.3 is 5.97 Å². The predicted octanol–water partition coefficient (Wildman–Crippen LogP) is 5.46. The number of H-pyrrole nitrogens is 2. The summed E-state index contributed by atoms with van der Waals surface area (Å²) < 4.78 is 17.7. The van der Waals surface area contributed by atoms with Gasteiger partial charge in [0.25, 0.3) is 0 Å². The number of aromatic nitrogens is 2. The van der Waals surface area contributed by atoms with Gasteiger partial charge in [-0.2, -0.15) is 0 Å². The minimum Gasteiger partial charge on any atom is -0.508 e. The zero-order valence-electron chi connectivity index (χ0n) is 38.7. The molecule has 5 aromatic carbocycles. The van der Waals surface area contributed by atoms with Crippen LogP contribution in [0.3, 0.4) is 0 Å². The van der Waals surface area contributed by atoms with Crippen LogP contribution in [-0.4, -0.2) is 94.9 Å². The highest BCUT2D eigenvalue weighted by Gasteiger charge is 2.38. The molecule has 2 aliphatic heterocycles. The molecule has 4 heterocycles. The molecule has 358 valence electrons. The first-order valence-corrected chi connectivity index (χ1v) is 23.0. The van der Waals surface area contributed by atoms with E-state index in [1.54, 1.807) is 18.3 Å². The summed E-state index contributed by atoms with van der Waals surface area (Å²) in [6, 6.07) is 31.1. The van der Waals surface area contributed by atoms with Crippen molar-refractivity contribution in [3.05, 3.63) is 155 Å². The quantitative estimate of drug-likeness (QED) is 0.0451. The topological polar surface area (TPSA) is 230 Å². The molecule has 16 heteroatoms. The second-order valence-electron chi connectivity index (χ2n) is 17.6. The Kier molecular flexibility index (Phi) is 13.5.